The van der Waals surface area contributed by atoms with Crippen molar-refractivity contribution in [3.63, 3.8) is 0 Å². The third kappa shape index (κ3) is 4.63. The Morgan fingerprint density at radius 3 is 2.66 bits per heavy atom. The molecule has 0 unspecified atom stereocenters. The Bertz CT molecular complexity index is 1010. The lowest BCUT2D eigenvalue weighted by Crippen LogP contribution is -2.31. The SMILES string of the molecule is Cc1ncc(Oc2ccc(F)c(-c3ccc(C4CC(OCC(=O)O)C4)cc3)c2)s1. The van der Waals surface area contributed by atoms with Crippen LogP contribution in [0.15, 0.2) is 48.7 Å². The van der Waals surface area contributed by atoms with Crippen molar-refractivity contribution < 1.29 is 23.8 Å². The number of thiazole rings is 1. The van der Waals surface area contributed by atoms with Gasteiger partial charge in [0.25, 0.3) is 0 Å². The van der Waals surface area contributed by atoms with E-state index in [-0.39, 0.29) is 18.5 Å². The zero-order valence-electron chi connectivity index (χ0n) is 15.8. The van der Waals surface area contributed by atoms with Gasteiger partial charge in [0.05, 0.1) is 17.3 Å². The minimum absolute atomic E-state index is 0.00238. The zero-order chi connectivity index (χ0) is 20.4. The molecule has 1 saturated carbocycles. The van der Waals surface area contributed by atoms with Gasteiger partial charge < -0.3 is 14.6 Å². The number of halogens is 1. The fraction of sp³-hybridized carbons (Fsp3) is 0.273. The Morgan fingerprint density at radius 2 is 2.00 bits per heavy atom. The Hall–Kier alpha value is -2.77. The Labute approximate surface area is 171 Å². The van der Waals surface area contributed by atoms with E-state index in [1.165, 1.54) is 17.4 Å². The average molecular weight is 413 g/mol. The summed E-state index contributed by atoms with van der Waals surface area (Å²) < 4.78 is 25.5. The van der Waals surface area contributed by atoms with E-state index in [4.69, 9.17) is 14.6 Å². The van der Waals surface area contributed by atoms with E-state index < -0.39 is 5.97 Å². The molecular weight excluding hydrogens is 393 g/mol. The number of carbonyl (C=O) groups is 1. The quantitative estimate of drug-likeness (QED) is 0.562. The first-order chi connectivity index (χ1) is 14.0. The van der Waals surface area contributed by atoms with Gasteiger partial charge in [-0.25, -0.2) is 14.2 Å². The number of hydrogen-bond donors (Lipinski definition) is 1. The summed E-state index contributed by atoms with van der Waals surface area (Å²) in [6, 6.07) is 12.5. The predicted molar refractivity (Wildman–Crippen MR) is 108 cm³/mol. The van der Waals surface area contributed by atoms with Crippen LogP contribution in [0.4, 0.5) is 4.39 Å². The second-order valence-electron chi connectivity index (χ2n) is 7.06. The first-order valence-electron chi connectivity index (χ1n) is 9.31. The number of hydrogen-bond acceptors (Lipinski definition) is 5. The van der Waals surface area contributed by atoms with Crippen LogP contribution in [0.5, 0.6) is 10.8 Å². The van der Waals surface area contributed by atoms with Gasteiger partial charge in [0, 0.05) is 5.56 Å². The van der Waals surface area contributed by atoms with Gasteiger partial charge in [0.2, 0.25) is 5.06 Å². The molecule has 1 fully saturated rings. The van der Waals surface area contributed by atoms with Gasteiger partial charge in [-0.2, -0.15) is 0 Å². The van der Waals surface area contributed by atoms with E-state index in [1.807, 2.05) is 31.2 Å². The predicted octanol–water partition coefficient (Wildman–Crippen LogP) is 5.40. The Balaban J connectivity index is 1.43. The lowest BCUT2D eigenvalue weighted by molar-refractivity contribution is -0.146. The number of ether oxygens (including phenoxy) is 2. The van der Waals surface area contributed by atoms with Crippen LogP contribution in [0.2, 0.25) is 0 Å². The second kappa shape index (κ2) is 8.31. The standard InChI is InChI=1S/C22H20FNO4S/c1-13-24-11-22(29-13)28-17-6-7-20(23)19(10-17)15-4-2-14(3-5-15)16-8-18(9-16)27-12-21(25)26/h2-7,10-11,16,18H,8-9,12H2,1H3,(H,25,26). The lowest BCUT2D eigenvalue weighted by Gasteiger charge is -2.35. The topological polar surface area (TPSA) is 68.7 Å². The molecule has 0 aliphatic heterocycles. The van der Waals surface area contributed by atoms with Crippen LogP contribution in [0.3, 0.4) is 0 Å². The molecule has 1 aromatic heterocycles. The fourth-order valence-corrected chi connectivity index (χ4v) is 4.03. The minimum atomic E-state index is -0.948. The van der Waals surface area contributed by atoms with Crippen LogP contribution in [-0.4, -0.2) is 28.8 Å². The second-order valence-corrected chi connectivity index (χ2v) is 8.26. The van der Waals surface area contributed by atoms with Crippen LogP contribution < -0.4 is 4.74 Å². The molecular formula is C22H20FNO4S. The number of aryl methyl sites for hydroxylation is 1. The van der Waals surface area contributed by atoms with E-state index in [9.17, 15) is 9.18 Å². The maximum absolute atomic E-state index is 14.4. The molecule has 4 rings (SSSR count). The van der Waals surface area contributed by atoms with Crippen LogP contribution >= 0.6 is 11.3 Å². The van der Waals surface area contributed by atoms with Crippen LogP contribution in [0.1, 0.15) is 29.3 Å². The molecule has 7 heteroatoms. The smallest absolute Gasteiger partial charge is 0.329 e. The van der Waals surface area contributed by atoms with Gasteiger partial charge >= 0.3 is 5.97 Å². The maximum Gasteiger partial charge on any atom is 0.329 e. The summed E-state index contributed by atoms with van der Waals surface area (Å²) in [6.07, 6.45) is 3.26. The van der Waals surface area contributed by atoms with E-state index >= 15 is 0 Å². The molecule has 0 saturated heterocycles. The van der Waals surface area contributed by atoms with E-state index in [2.05, 4.69) is 4.98 Å². The molecule has 1 aliphatic rings. The number of aromatic nitrogens is 1. The Morgan fingerprint density at radius 1 is 1.24 bits per heavy atom. The summed E-state index contributed by atoms with van der Waals surface area (Å²) in [6.45, 7) is 1.65. The maximum atomic E-state index is 14.4. The largest absolute Gasteiger partial charge is 0.480 e. The first-order valence-corrected chi connectivity index (χ1v) is 10.1. The van der Waals surface area contributed by atoms with Crippen LogP contribution in [-0.2, 0) is 9.53 Å². The summed E-state index contributed by atoms with van der Waals surface area (Å²) in [5.41, 5.74) is 2.40. The summed E-state index contributed by atoms with van der Waals surface area (Å²) >= 11 is 1.44. The summed E-state index contributed by atoms with van der Waals surface area (Å²) in [4.78, 5) is 14.7. The number of aliphatic carboxylic acids is 1. The molecule has 2 aromatic carbocycles. The summed E-state index contributed by atoms with van der Waals surface area (Å²) in [5, 5.41) is 10.2. The van der Waals surface area contributed by atoms with Crippen molar-refractivity contribution in [2.24, 2.45) is 0 Å². The minimum Gasteiger partial charge on any atom is -0.480 e. The first kappa shape index (κ1) is 19.5. The van der Waals surface area contributed by atoms with E-state index in [0.717, 1.165) is 29.0 Å². The van der Waals surface area contributed by atoms with E-state index in [1.54, 1.807) is 18.3 Å². The normalized spacial score (nSPS) is 18.3. The highest BCUT2D eigenvalue weighted by molar-refractivity contribution is 7.13. The van der Waals surface area contributed by atoms with Gasteiger partial charge in [-0.15, -0.1) is 0 Å². The van der Waals surface area contributed by atoms with Crippen molar-refractivity contribution in [3.8, 4) is 21.9 Å². The van der Waals surface area contributed by atoms with Gasteiger partial charge in [-0.3, -0.25) is 0 Å². The molecule has 0 amide bonds. The molecule has 1 heterocycles. The van der Waals surface area contributed by atoms with Crippen LogP contribution in [0.25, 0.3) is 11.1 Å². The number of benzene rings is 2. The number of carboxylic acids is 1. The number of rotatable bonds is 7. The number of carboxylic acid groups (broad SMARTS) is 1. The molecule has 0 spiro atoms. The molecule has 0 bridgehead atoms. The third-order valence-electron chi connectivity index (χ3n) is 4.99. The molecule has 3 aromatic rings. The van der Waals surface area contributed by atoms with Gasteiger partial charge in [-0.1, -0.05) is 35.6 Å². The summed E-state index contributed by atoms with van der Waals surface area (Å²) in [5.74, 6) is -0.351. The van der Waals surface area contributed by atoms with Gasteiger partial charge in [0.15, 0.2) is 0 Å². The van der Waals surface area contributed by atoms with Crippen molar-refractivity contribution in [1.29, 1.82) is 0 Å². The van der Waals surface area contributed by atoms with Crippen molar-refractivity contribution in [2.45, 2.75) is 31.8 Å². The molecule has 1 N–H and O–H groups in total. The number of nitrogens with zero attached hydrogens (tertiary/aromatic N) is 1. The van der Waals surface area contributed by atoms with Crippen molar-refractivity contribution in [2.75, 3.05) is 6.61 Å². The molecule has 0 atom stereocenters. The summed E-state index contributed by atoms with van der Waals surface area (Å²) in [7, 11) is 0. The Kier molecular flexibility index (Phi) is 5.60. The highest BCUT2D eigenvalue weighted by Crippen LogP contribution is 2.39. The van der Waals surface area contributed by atoms with Crippen molar-refractivity contribution in [1.82, 2.24) is 4.98 Å². The molecule has 0 radical (unpaired) electrons. The van der Waals surface area contributed by atoms with Crippen LogP contribution in [0, 0.1) is 12.7 Å². The molecule has 29 heavy (non-hydrogen) atoms. The molecule has 1 aliphatic carbocycles. The van der Waals surface area contributed by atoms with Gasteiger partial charge in [0.1, 0.15) is 18.2 Å². The zero-order valence-corrected chi connectivity index (χ0v) is 16.6. The third-order valence-corrected chi connectivity index (χ3v) is 5.78. The van der Waals surface area contributed by atoms with E-state index in [0.29, 0.717) is 22.3 Å². The molecule has 5 nitrogen and oxygen atoms in total. The highest BCUT2D eigenvalue weighted by Gasteiger charge is 2.31. The highest BCUT2D eigenvalue weighted by atomic mass is 32.1. The molecule has 150 valence electrons. The monoisotopic (exact) mass is 413 g/mol. The fourth-order valence-electron chi connectivity index (χ4n) is 3.39. The van der Waals surface area contributed by atoms with Crippen molar-refractivity contribution in [3.05, 3.63) is 65.0 Å². The average Bonchev–Trinajstić information content (AvgIpc) is 3.07. The van der Waals surface area contributed by atoms with Gasteiger partial charge in [-0.05, 0) is 55.0 Å². The lowest BCUT2D eigenvalue weighted by atomic mass is 9.77. The van der Waals surface area contributed by atoms with Crippen molar-refractivity contribution >= 4 is 17.3 Å².